The van der Waals surface area contributed by atoms with E-state index in [0.29, 0.717) is 47.1 Å². The molecular weight excluding hydrogens is 439 g/mol. The van der Waals surface area contributed by atoms with E-state index in [-0.39, 0.29) is 11.9 Å². The van der Waals surface area contributed by atoms with E-state index < -0.39 is 0 Å². The summed E-state index contributed by atoms with van der Waals surface area (Å²) in [6.07, 6.45) is 0. The van der Waals surface area contributed by atoms with Gasteiger partial charge in [0.15, 0.2) is 0 Å². The third-order valence-electron chi connectivity index (χ3n) is 3.92. The van der Waals surface area contributed by atoms with E-state index in [1.807, 2.05) is 0 Å². The van der Waals surface area contributed by atoms with E-state index in [1.54, 1.807) is 48.5 Å². The van der Waals surface area contributed by atoms with Crippen molar-refractivity contribution in [2.75, 3.05) is 11.1 Å². The second-order valence-corrected chi connectivity index (χ2v) is 8.16. The molecule has 4 aromatic rings. The van der Waals surface area contributed by atoms with Crippen LogP contribution in [-0.2, 0) is 0 Å². The molecule has 0 radical (unpaired) electrons. The van der Waals surface area contributed by atoms with Crippen LogP contribution < -0.4 is 11.1 Å². The molecule has 0 bridgehead atoms. The number of nitrogen functional groups attached to an aromatic ring is 1. The molecule has 0 aliphatic carbocycles. The van der Waals surface area contributed by atoms with E-state index in [2.05, 4.69) is 15.3 Å². The lowest BCUT2D eigenvalue weighted by Gasteiger charge is -2.06. The van der Waals surface area contributed by atoms with Crippen molar-refractivity contribution in [2.45, 2.75) is 0 Å². The molecular formula is C19H11Cl3N4OS. The minimum atomic E-state index is -0.267. The van der Waals surface area contributed by atoms with Crippen LogP contribution in [0.15, 0.2) is 48.5 Å². The zero-order chi connectivity index (χ0) is 19.8. The van der Waals surface area contributed by atoms with Crippen molar-refractivity contribution < 1.29 is 4.79 Å². The van der Waals surface area contributed by atoms with Gasteiger partial charge in [0.1, 0.15) is 4.83 Å². The van der Waals surface area contributed by atoms with Gasteiger partial charge in [0.05, 0.1) is 15.6 Å². The van der Waals surface area contributed by atoms with Gasteiger partial charge in [-0.15, -0.1) is 11.3 Å². The molecule has 5 nitrogen and oxygen atoms in total. The Morgan fingerprint density at radius 1 is 0.964 bits per heavy atom. The van der Waals surface area contributed by atoms with Crippen molar-refractivity contribution in [3.8, 4) is 11.3 Å². The molecule has 1 amide bonds. The molecule has 2 aromatic heterocycles. The van der Waals surface area contributed by atoms with Crippen molar-refractivity contribution in [3.05, 3.63) is 68.5 Å². The summed E-state index contributed by atoms with van der Waals surface area (Å²) in [5.41, 5.74) is 7.71. The summed E-state index contributed by atoms with van der Waals surface area (Å²) in [4.78, 5) is 22.3. The van der Waals surface area contributed by atoms with E-state index in [1.165, 1.54) is 11.3 Å². The number of fused-ring (bicyclic) bond motifs is 1. The van der Waals surface area contributed by atoms with Crippen LogP contribution >= 0.6 is 46.1 Å². The van der Waals surface area contributed by atoms with Gasteiger partial charge < -0.3 is 11.1 Å². The van der Waals surface area contributed by atoms with Crippen molar-refractivity contribution in [2.24, 2.45) is 0 Å². The number of nitrogens with one attached hydrogen (secondary N) is 1. The maximum Gasteiger partial charge on any atom is 0.265 e. The molecule has 9 heteroatoms. The van der Waals surface area contributed by atoms with Crippen LogP contribution in [0.25, 0.3) is 21.5 Å². The molecule has 0 aliphatic heterocycles. The summed E-state index contributed by atoms with van der Waals surface area (Å²) in [7, 11) is 0. The van der Waals surface area contributed by atoms with Crippen molar-refractivity contribution in [1.29, 1.82) is 0 Å². The molecule has 140 valence electrons. The molecule has 2 aromatic carbocycles. The van der Waals surface area contributed by atoms with E-state index >= 15 is 0 Å². The number of aromatic nitrogens is 2. The number of hydrogen-bond donors (Lipinski definition) is 2. The molecule has 0 fully saturated rings. The lowest BCUT2D eigenvalue weighted by Crippen LogP contribution is -2.09. The second-order valence-electron chi connectivity index (χ2n) is 5.85. The van der Waals surface area contributed by atoms with Crippen LogP contribution in [0, 0.1) is 0 Å². The highest BCUT2D eigenvalue weighted by atomic mass is 35.5. The first-order valence-corrected chi connectivity index (χ1v) is 9.95. The van der Waals surface area contributed by atoms with Gasteiger partial charge in [0.2, 0.25) is 5.95 Å². The Bertz CT molecular complexity index is 1210. The Hall–Kier alpha value is -2.38. The van der Waals surface area contributed by atoms with Gasteiger partial charge in [-0.1, -0.05) is 34.8 Å². The Kier molecular flexibility index (Phi) is 5.12. The third kappa shape index (κ3) is 3.77. The molecule has 0 saturated carbocycles. The van der Waals surface area contributed by atoms with Gasteiger partial charge in [0, 0.05) is 26.7 Å². The number of carbonyl (C=O) groups excluding carboxylic acids is 1. The number of anilines is 2. The van der Waals surface area contributed by atoms with Crippen molar-refractivity contribution >= 4 is 73.9 Å². The third-order valence-corrected chi connectivity index (χ3v) is 5.75. The van der Waals surface area contributed by atoms with Gasteiger partial charge in [-0.3, -0.25) is 4.79 Å². The average molecular weight is 450 g/mol. The predicted octanol–water partition coefficient (Wildman–Crippen LogP) is 6.15. The zero-order valence-corrected chi connectivity index (χ0v) is 17.1. The number of halogens is 3. The van der Waals surface area contributed by atoms with Gasteiger partial charge in [-0.25, -0.2) is 9.97 Å². The number of nitrogens with two attached hydrogens (primary N) is 1. The minimum absolute atomic E-state index is 0.0972. The number of carbonyl (C=O) groups is 1. The summed E-state index contributed by atoms with van der Waals surface area (Å²) >= 11 is 19.4. The lowest BCUT2D eigenvalue weighted by molar-refractivity contribution is 0.103. The molecule has 0 unspecified atom stereocenters. The number of hydrogen-bond acceptors (Lipinski definition) is 5. The summed E-state index contributed by atoms with van der Waals surface area (Å²) in [5, 5.41) is 5.06. The Labute approximate surface area is 179 Å². The molecule has 2 heterocycles. The first-order chi connectivity index (χ1) is 13.4. The maximum absolute atomic E-state index is 12.7. The molecule has 0 atom stereocenters. The van der Waals surface area contributed by atoms with Crippen LogP contribution in [0.4, 0.5) is 11.6 Å². The molecule has 3 N–H and O–H groups in total. The van der Waals surface area contributed by atoms with Crippen LogP contribution in [0.2, 0.25) is 15.1 Å². The maximum atomic E-state index is 12.7. The molecule has 0 saturated heterocycles. The van der Waals surface area contributed by atoms with E-state index in [9.17, 15) is 4.79 Å². The van der Waals surface area contributed by atoms with E-state index in [0.717, 1.165) is 0 Å². The van der Waals surface area contributed by atoms with Crippen LogP contribution in [-0.4, -0.2) is 15.9 Å². The molecule has 28 heavy (non-hydrogen) atoms. The number of thiophene rings is 1. The minimum Gasteiger partial charge on any atom is -0.368 e. The Balaban J connectivity index is 1.76. The standard InChI is InChI=1S/C19H11Cl3N4OS/c20-9-1-4-11(5-2-9)24-17(27)15-8-13-16(25-19(23)26-18(13)28-15)12-6-3-10(21)7-14(12)22/h1-8H,(H,24,27)(H2,23,25,26). The highest BCUT2D eigenvalue weighted by Gasteiger charge is 2.18. The van der Waals surface area contributed by atoms with Gasteiger partial charge >= 0.3 is 0 Å². The highest BCUT2D eigenvalue weighted by Crippen LogP contribution is 2.36. The fourth-order valence-corrected chi connectivity index (χ4v) is 4.22. The SMILES string of the molecule is Nc1nc(-c2ccc(Cl)cc2Cl)c2cc(C(=O)Nc3ccc(Cl)cc3)sc2n1. The molecule has 0 aliphatic rings. The first-order valence-electron chi connectivity index (χ1n) is 8.00. The van der Waals surface area contributed by atoms with Crippen LogP contribution in [0.3, 0.4) is 0 Å². The zero-order valence-electron chi connectivity index (χ0n) is 14.0. The molecule has 4 rings (SSSR count). The number of amides is 1. The predicted molar refractivity (Wildman–Crippen MR) is 117 cm³/mol. The topological polar surface area (TPSA) is 80.9 Å². The second kappa shape index (κ2) is 7.56. The first kappa shape index (κ1) is 19.0. The monoisotopic (exact) mass is 448 g/mol. The van der Waals surface area contributed by atoms with Crippen molar-refractivity contribution in [1.82, 2.24) is 9.97 Å². The van der Waals surface area contributed by atoms with Gasteiger partial charge in [-0.2, -0.15) is 0 Å². The Morgan fingerprint density at radius 2 is 1.68 bits per heavy atom. The molecule has 0 spiro atoms. The number of benzene rings is 2. The number of rotatable bonds is 3. The smallest absolute Gasteiger partial charge is 0.265 e. The summed E-state index contributed by atoms with van der Waals surface area (Å²) in [6.45, 7) is 0. The lowest BCUT2D eigenvalue weighted by atomic mass is 10.1. The fourth-order valence-electron chi connectivity index (χ4n) is 2.66. The summed E-state index contributed by atoms with van der Waals surface area (Å²) < 4.78 is 0. The Morgan fingerprint density at radius 3 is 2.39 bits per heavy atom. The normalized spacial score (nSPS) is 11.0. The van der Waals surface area contributed by atoms with Crippen LogP contribution in [0.5, 0.6) is 0 Å². The summed E-state index contributed by atoms with van der Waals surface area (Å²) in [6, 6.07) is 13.7. The highest BCUT2D eigenvalue weighted by molar-refractivity contribution is 7.20. The summed E-state index contributed by atoms with van der Waals surface area (Å²) in [5.74, 6) is -0.169. The average Bonchev–Trinajstić information content (AvgIpc) is 3.07. The van der Waals surface area contributed by atoms with E-state index in [4.69, 9.17) is 40.5 Å². The quantitative estimate of drug-likeness (QED) is 0.393. The largest absolute Gasteiger partial charge is 0.368 e. The fraction of sp³-hybridized carbons (Fsp3) is 0. The van der Waals surface area contributed by atoms with Crippen molar-refractivity contribution in [3.63, 3.8) is 0 Å². The van der Waals surface area contributed by atoms with Gasteiger partial charge in [-0.05, 0) is 48.5 Å². The van der Waals surface area contributed by atoms with Gasteiger partial charge in [0.25, 0.3) is 5.91 Å². The number of nitrogens with zero attached hydrogens (tertiary/aromatic N) is 2. The van der Waals surface area contributed by atoms with Crippen LogP contribution in [0.1, 0.15) is 9.67 Å².